The number of alkyl halides is 1. The molecule has 2 heterocycles. The summed E-state index contributed by atoms with van der Waals surface area (Å²) < 4.78 is 7.32. The average Bonchev–Trinajstić information content (AvgIpc) is 2.51. The van der Waals surface area contributed by atoms with E-state index >= 15 is 0 Å². The van der Waals surface area contributed by atoms with Crippen molar-refractivity contribution in [3.8, 4) is 0 Å². The Hall–Kier alpha value is -1.20. The fourth-order valence-corrected chi connectivity index (χ4v) is 3.49. The predicted octanol–water partition coefficient (Wildman–Crippen LogP) is 2.59. The van der Waals surface area contributed by atoms with Crippen molar-refractivity contribution in [1.29, 1.82) is 0 Å². The molecule has 0 bridgehead atoms. The van der Waals surface area contributed by atoms with Crippen LogP contribution in [0.15, 0.2) is 35.3 Å². The molecule has 1 aromatic heterocycles. The Morgan fingerprint density at radius 1 is 1.30 bits per heavy atom. The van der Waals surface area contributed by atoms with Crippen LogP contribution in [0, 0.1) is 5.41 Å². The maximum atomic E-state index is 12.2. The maximum absolute atomic E-state index is 12.2. The van der Waals surface area contributed by atoms with Gasteiger partial charge >= 0.3 is 0 Å². The van der Waals surface area contributed by atoms with Crippen LogP contribution >= 0.6 is 15.9 Å². The van der Waals surface area contributed by atoms with Gasteiger partial charge in [0.05, 0.1) is 17.2 Å². The van der Waals surface area contributed by atoms with Crippen LogP contribution in [0.3, 0.4) is 0 Å². The lowest BCUT2D eigenvalue weighted by Gasteiger charge is -2.36. The van der Waals surface area contributed by atoms with Crippen LogP contribution in [-0.4, -0.2) is 28.1 Å². The molecule has 5 heteroatoms. The molecule has 1 aliphatic rings. The molecular weight excluding hydrogens is 320 g/mol. The van der Waals surface area contributed by atoms with Gasteiger partial charge in [0, 0.05) is 30.5 Å². The second-order valence-corrected chi connectivity index (χ2v) is 5.98. The van der Waals surface area contributed by atoms with Gasteiger partial charge in [-0.15, -0.1) is 0 Å². The molecule has 4 nitrogen and oxygen atoms in total. The summed E-state index contributed by atoms with van der Waals surface area (Å²) in [4.78, 5) is 16.4. The van der Waals surface area contributed by atoms with E-state index in [4.69, 9.17) is 4.74 Å². The summed E-state index contributed by atoms with van der Waals surface area (Å²) in [6, 6.07) is 7.80. The second kappa shape index (κ2) is 5.66. The van der Waals surface area contributed by atoms with E-state index in [1.807, 2.05) is 28.8 Å². The van der Waals surface area contributed by atoms with Gasteiger partial charge in [0.1, 0.15) is 0 Å². The molecule has 106 valence electrons. The highest BCUT2D eigenvalue weighted by Crippen LogP contribution is 2.34. The van der Waals surface area contributed by atoms with E-state index in [1.165, 1.54) is 6.20 Å². The lowest BCUT2D eigenvalue weighted by atomic mass is 9.82. The van der Waals surface area contributed by atoms with Gasteiger partial charge in [-0.05, 0) is 25.0 Å². The monoisotopic (exact) mass is 336 g/mol. The number of para-hydroxylation sites is 2. The minimum Gasteiger partial charge on any atom is -0.381 e. The van der Waals surface area contributed by atoms with Crippen molar-refractivity contribution in [2.24, 2.45) is 5.41 Å². The fraction of sp³-hybridized carbons (Fsp3) is 0.467. The van der Waals surface area contributed by atoms with Crippen LogP contribution in [0.1, 0.15) is 12.8 Å². The Morgan fingerprint density at radius 2 is 2.05 bits per heavy atom. The van der Waals surface area contributed by atoms with Crippen molar-refractivity contribution >= 4 is 27.0 Å². The number of nitrogens with zero attached hydrogens (tertiary/aromatic N) is 2. The van der Waals surface area contributed by atoms with Gasteiger partial charge in [0.25, 0.3) is 5.56 Å². The molecule has 0 spiro atoms. The van der Waals surface area contributed by atoms with Crippen LogP contribution in [0.5, 0.6) is 0 Å². The number of ether oxygens (including phenoxy) is 1. The highest BCUT2D eigenvalue weighted by molar-refractivity contribution is 9.09. The number of aromatic nitrogens is 2. The van der Waals surface area contributed by atoms with Crippen molar-refractivity contribution in [3.05, 3.63) is 40.8 Å². The molecule has 2 aromatic rings. The van der Waals surface area contributed by atoms with Gasteiger partial charge < -0.3 is 9.30 Å². The third-order valence-corrected chi connectivity index (χ3v) is 5.27. The minimum absolute atomic E-state index is 0.0319. The molecule has 0 unspecified atom stereocenters. The highest BCUT2D eigenvalue weighted by Gasteiger charge is 2.32. The smallest absolute Gasteiger partial charge is 0.269 e. The van der Waals surface area contributed by atoms with Gasteiger partial charge in [0.2, 0.25) is 0 Å². The second-order valence-electron chi connectivity index (χ2n) is 5.42. The third-order valence-electron chi connectivity index (χ3n) is 4.08. The largest absolute Gasteiger partial charge is 0.381 e. The SMILES string of the molecule is O=c1cnc2ccccc2n1CC1(CBr)CCOCC1. The van der Waals surface area contributed by atoms with Crippen molar-refractivity contribution in [2.75, 3.05) is 18.5 Å². The van der Waals surface area contributed by atoms with Crippen LogP contribution in [0.25, 0.3) is 11.0 Å². The first-order valence-electron chi connectivity index (χ1n) is 6.82. The summed E-state index contributed by atoms with van der Waals surface area (Å²) in [5.41, 5.74) is 1.83. The molecule has 1 fully saturated rings. The van der Waals surface area contributed by atoms with Gasteiger partial charge in [-0.2, -0.15) is 0 Å². The third kappa shape index (κ3) is 2.52. The number of benzene rings is 1. The van der Waals surface area contributed by atoms with Gasteiger partial charge in [-0.25, -0.2) is 4.98 Å². The van der Waals surface area contributed by atoms with E-state index in [-0.39, 0.29) is 11.0 Å². The molecule has 3 rings (SSSR count). The van der Waals surface area contributed by atoms with E-state index < -0.39 is 0 Å². The fourth-order valence-electron chi connectivity index (χ4n) is 2.75. The van der Waals surface area contributed by atoms with Crippen LogP contribution in [0.4, 0.5) is 0 Å². The predicted molar refractivity (Wildman–Crippen MR) is 82.3 cm³/mol. The standard InChI is InChI=1S/C15H17BrN2O2/c16-10-15(5-7-20-8-6-15)11-18-13-4-2-1-3-12(13)17-9-14(18)19/h1-4,9H,5-8,10-11H2. The Kier molecular flexibility index (Phi) is 3.89. The van der Waals surface area contributed by atoms with Gasteiger partial charge in [-0.1, -0.05) is 28.1 Å². The Balaban J connectivity index is 2.05. The van der Waals surface area contributed by atoms with Crippen LogP contribution < -0.4 is 5.56 Å². The van der Waals surface area contributed by atoms with Crippen molar-refractivity contribution < 1.29 is 4.74 Å². The Bertz CT molecular complexity index is 662. The number of rotatable bonds is 3. The quantitative estimate of drug-likeness (QED) is 0.809. The molecule has 0 aliphatic carbocycles. The highest BCUT2D eigenvalue weighted by atomic mass is 79.9. The summed E-state index contributed by atoms with van der Waals surface area (Å²) in [7, 11) is 0. The Labute approximate surface area is 125 Å². The van der Waals surface area contributed by atoms with E-state index in [0.717, 1.165) is 42.4 Å². The zero-order valence-corrected chi connectivity index (χ0v) is 12.8. The zero-order valence-electron chi connectivity index (χ0n) is 11.2. The number of hydrogen-bond acceptors (Lipinski definition) is 3. The van der Waals surface area contributed by atoms with E-state index in [2.05, 4.69) is 20.9 Å². The molecule has 1 saturated heterocycles. The van der Waals surface area contributed by atoms with Crippen LogP contribution in [-0.2, 0) is 11.3 Å². The minimum atomic E-state index is -0.0319. The first kappa shape index (κ1) is 13.8. The molecule has 0 amide bonds. The summed E-state index contributed by atoms with van der Waals surface area (Å²) in [6.45, 7) is 2.25. The van der Waals surface area contributed by atoms with Crippen molar-refractivity contribution in [3.63, 3.8) is 0 Å². The lowest BCUT2D eigenvalue weighted by Crippen LogP contribution is -2.38. The molecule has 20 heavy (non-hydrogen) atoms. The summed E-state index contributed by atoms with van der Waals surface area (Å²) in [6.07, 6.45) is 3.37. The first-order valence-corrected chi connectivity index (χ1v) is 7.95. The topological polar surface area (TPSA) is 44.1 Å². The molecule has 0 N–H and O–H groups in total. The Morgan fingerprint density at radius 3 is 2.80 bits per heavy atom. The summed E-state index contributed by atoms with van der Waals surface area (Å²) >= 11 is 3.63. The van der Waals surface area contributed by atoms with E-state index in [0.29, 0.717) is 6.54 Å². The number of hydrogen-bond donors (Lipinski definition) is 0. The molecule has 0 radical (unpaired) electrons. The molecule has 1 aromatic carbocycles. The van der Waals surface area contributed by atoms with Crippen molar-refractivity contribution in [2.45, 2.75) is 19.4 Å². The first-order chi connectivity index (χ1) is 9.74. The molecule has 0 atom stereocenters. The number of fused-ring (bicyclic) bond motifs is 1. The van der Waals surface area contributed by atoms with Gasteiger partial charge in [-0.3, -0.25) is 4.79 Å². The molecule has 0 saturated carbocycles. The van der Waals surface area contributed by atoms with E-state index in [9.17, 15) is 4.79 Å². The van der Waals surface area contributed by atoms with Crippen molar-refractivity contribution in [1.82, 2.24) is 9.55 Å². The van der Waals surface area contributed by atoms with Crippen LogP contribution in [0.2, 0.25) is 0 Å². The maximum Gasteiger partial charge on any atom is 0.269 e. The lowest BCUT2D eigenvalue weighted by molar-refractivity contribution is 0.0187. The van der Waals surface area contributed by atoms with E-state index in [1.54, 1.807) is 0 Å². The average molecular weight is 337 g/mol. The van der Waals surface area contributed by atoms with Gasteiger partial charge in [0.15, 0.2) is 0 Å². The summed E-state index contributed by atoms with van der Waals surface area (Å²) in [5, 5.41) is 0.881. The molecule has 1 aliphatic heterocycles. The number of halogens is 1. The zero-order chi connectivity index (χ0) is 14.0. The normalized spacial score (nSPS) is 18.2. The summed E-state index contributed by atoms with van der Waals surface area (Å²) in [5.74, 6) is 0. The molecular formula is C15H17BrN2O2.